The molecule has 1 heterocycles. The zero-order chi connectivity index (χ0) is 14.5. The summed E-state index contributed by atoms with van der Waals surface area (Å²) in [6.45, 7) is 0.840. The van der Waals surface area contributed by atoms with Crippen LogP contribution in [0.3, 0.4) is 0 Å². The van der Waals surface area contributed by atoms with Crippen molar-refractivity contribution in [3.8, 4) is 0 Å². The highest BCUT2D eigenvalue weighted by Crippen LogP contribution is 2.11. The lowest BCUT2D eigenvalue weighted by atomic mass is 10.2. The Hall–Kier alpha value is -2.40. The van der Waals surface area contributed by atoms with Gasteiger partial charge in [0.25, 0.3) is 5.91 Å². The highest BCUT2D eigenvalue weighted by atomic mass is 16.2. The van der Waals surface area contributed by atoms with Gasteiger partial charge in [-0.1, -0.05) is 12.1 Å². The van der Waals surface area contributed by atoms with Gasteiger partial charge < -0.3 is 15.2 Å². The van der Waals surface area contributed by atoms with Crippen molar-refractivity contribution in [3.05, 3.63) is 64.1 Å². The molecule has 1 aromatic heterocycles. The fraction of sp³-hybridized carbons (Fsp3) is 0.200. The molecule has 0 aliphatic carbocycles. The van der Waals surface area contributed by atoms with Crippen LogP contribution >= 0.6 is 0 Å². The van der Waals surface area contributed by atoms with Gasteiger partial charge in [0.05, 0.1) is 0 Å². The molecule has 1 amide bonds. The number of hydrogen-bond acceptors (Lipinski definition) is 3. The van der Waals surface area contributed by atoms with E-state index < -0.39 is 5.91 Å². The standard InChI is InChI=1S/C15H17N3O2/c1-18(2)10-11-3-5-12(6-4-11)17-15(20)13-9-16-8-7-14(13)19/h3-9H,10H2,1-2H3,(H,16,19)(H,17,20). The topological polar surface area (TPSA) is 65.2 Å². The first-order chi connectivity index (χ1) is 9.56. The molecule has 2 aromatic rings. The number of H-pyrrole nitrogens is 1. The Balaban J connectivity index is 2.09. The molecule has 0 unspecified atom stereocenters. The molecule has 0 saturated heterocycles. The number of aromatic nitrogens is 1. The molecule has 2 N–H and O–H groups in total. The van der Waals surface area contributed by atoms with Crippen molar-refractivity contribution < 1.29 is 4.79 Å². The number of hydrogen-bond donors (Lipinski definition) is 2. The minimum absolute atomic E-state index is 0.102. The van der Waals surface area contributed by atoms with Gasteiger partial charge in [0.15, 0.2) is 5.43 Å². The number of nitrogens with zero attached hydrogens (tertiary/aromatic N) is 1. The minimum atomic E-state index is -0.410. The molecule has 104 valence electrons. The predicted molar refractivity (Wildman–Crippen MR) is 78.8 cm³/mol. The smallest absolute Gasteiger partial charge is 0.261 e. The molecule has 0 aliphatic rings. The second-order valence-electron chi connectivity index (χ2n) is 4.81. The van der Waals surface area contributed by atoms with E-state index in [2.05, 4.69) is 15.2 Å². The molecule has 0 spiro atoms. The van der Waals surface area contributed by atoms with Gasteiger partial charge in [-0.15, -0.1) is 0 Å². The van der Waals surface area contributed by atoms with Gasteiger partial charge in [-0.2, -0.15) is 0 Å². The van der Waals surface area contributed by atoms with E-state index in [9.17, 15) is 9.59 Å². The number of pyridine rings is 1. The summed E-state index contributed by atoms with van der Waals surface area (Å²) in [6.07, 6.45) is 2.90. The number of amides is 1. The Labute approximate surface area is 117 Å². The summed E-state index contributed by atoms with van der Waals surface area (Å²) in [7, 11) is 3.99. The zero-order valence-electron chi connectivity index (χ0n) is 11.5. The second kappa shape index (κ2) is 6.16. The van der Waals surface area contributed by atoms with Crippen LogP contribution in [-0.2, 0) is 6.54 Å². The third-order valence-corrected chi connectivity index (χ3v) is 2.78. The van der Waals surface area contributed by atoms with Crippen LogP contribution in [0.5, 0.6) is 0 Å². The fourth-order valence-corrected chi connectivity index (χ4v) is 1.85. The van der Waals surface area contributed by atoms with E-state index >= 15 is 0 Å². The van der Waals surface area contributed by atoms with Crippen molar-refractivity contribution in [2.24, 2.45) is 0 Å². The monoisotopic (exact) mass is 271 g/mol. The molecule has 0 radical (unpaired) electrons. The van der Waals surface area contributed by atoms with Crippen molar-refractivity contribution in [2.75, 3.05) is 19.4 Å². The summed E-state index contributed by atoms with van der Waals surface area (Å²) in [5.41, 5.74) is 1.63. The van der Waals surface area contributed by atoms with Crippen LogP contribution in [0.2, 0.25) is 0 Å². The number of carbonyl (C=O) groups is 1. The van der Waals surface area contributed by atoms with Gasteiger partial charge in [0.1, 0.15) is 5.56 Å². The van der Waals surface area contributed by atoms with Crippen molar-refractivity contribution in [1.82, 2.24) is 9.88 Å². The summed E-state index contributed by atoms with van der Waals surface area (Å²) >= 11 is 0. The van der Waals surface area contributed by atoms with E-state index in [1.165, 1.54) is 18.5 Å². The van der Waals surface area contributed by atoms with Gasteiger partial charge >= 0.3 is 0 Å². The molecular formula is C15H17N3O2. The minimum Gasteiger partial charge on any atom is -0.367 e. The first-order valence-corrected chi connectivity index (χ1v) is 6.28. The van der Waals surface area contributed by atoms with Crippen LogP contribution in [0.15, 0.2) is 47.5 Å². The summed E-state index contributed by atoms with van der Waals surface area (Å²) in [4.78, 5) is 28.3. The molecule has 0 saturated carbocycles. The number of aromatic amines is 1. The largest absolute Gasteiger partial charge is 0.367 e. The molecule has 1 aromatic carbocycles. The van der Waals surface area contributed by atoms with Crippen LogP contribution in [0, 0.1) is 0 Å². The number of rotatable bonds is 4. The summed E-state index contributed by atoms with van der Waals surface area (Å²) in [6, 6.07) is 8.88. The normalized spacial score (nSPS) is 10.6. The van der Waals surface area contributed by atoms with Gasteiger partial charge in [0, 0.05) is 30.7 Å². The Morgan fingerprint density at radius 1 is 1.20 bits per heavy atom. The highest BCUT2D eigenvalue weighted by molar-refractivity contribution is 6.03. The molecule has 5 heteroatoms. The molecular weight excluding hydrogens is 254 g/mol. The van der Waals surface area contributed by atoms with Gasteiger partial charge in [-0.25, -0.2) is 0 Å². The van der Waals surface area contributed by atoms with E-state index in [1.807, 2.05) is 38.4 Å². The fourth-order valence-electron chi connectivity index (χ4n) is 1.85. The summed E-state index contributed by atoms with van der Waals surface area (Å²) in [5.74, 6) is -0.410. The van der Waals surface area contributed by atoms with E-state index in [1.54, 1.807) is 0 Å². The van der Waals surface area contributed by atoms with Crippen LogP contribution in [-0.4, -0.2) is 29.9 Å². The maximum absolute atomic E-state index is 12.0. The van der Waals surface area contributed by atoms with Crippen molar-refractivity contribution in [3.63, 3.8) is 0 Å². The summed E-state index contributed by atoms with van der Waals surface area (Å²) < 4.78 is 0. The van der Waals surface area contributed by atoms with E-state index in [-0.39, 0.29) is 11.0 Å². The third kappa shape index (κ3) is 3.55. The molecule has 2 rings (SSSR count). The summed E-state index contributed by atoms with van der Waals surface area (Å²) in [5, 5.41) is 2.71. The highest BCUT2D eigenvalue weighted by Gasteiger charge is 2.09. The molecule has 0 bridgehead atoms. The number of benzene rings is 1. The first-order valence-electron chi connectivity index (χ1n) is 6.28. The maximum Gasteiger partial charge on any atom is 0.261 e. The third-order valence-electron chi connectivity index (χ3n) is 2.78. The van der Waals surface area contributed by atoms with E-state index in [4.69, 9.17) is 0 Å². The van der Waals surface area contributed by atoms with Gasteiger partial charge in [0.2, 0.25) is 0 Å². The SMILES string of the molecule is CN(C)Cc1ccc(NC(=O)c2c[nH]ccc2=O)cc1. The lowest BCUT2D eigenvalue weighted by Gasteiger charge is -2.10. The maximum atomic E-state index is 12.0. The van der Waals surface area contributed by atoms with Crippen molar-refractivity contribution in [1.29, 1.82) is 0 Å². The average molecular weight is 271 g/mol. The predicted octanol–water partition coefficient (Wildman–Crippen LogP) is 1.69. The number of nitrogens with one attached hydrogen (secondary N) is 2. The Morgan fingerprint density at radius 3 is 2.50 bits per heavy atom. The van der Waals surface area contributed by atoms with E-state index in [0.29, 0.717) is 5.69 Å². The molecule has 0 fully saturated rings. The van der Waals surface area contributed by atoms with Crippen LogP contribution < -0.4 is 10.7 Å². The number of anilines is 1. The van der Waals surface area contributed by atoms with Crippen LogP contribution in [0.4, 0.5) is 5.69 Å². The van der Waals surface area contributed by atoms with Gasteiger partial charge in [-0.3, -0.25) is 9.59 Å². The lowest BCUT2D eigenvalue weighted by molar-refractivity contribution is 0.102. The Bertz CT molecular complexity index is 645. The van der Waals surface area contributed by atoms with Crippen LogP contribution in [0.25, 0.3) is 0 Å². The first kappa shape index (κ1) is 14.0. The molecule has 0 atom stereocenters. The lowest BCUT2D eigenvalue weighted by Crippen LogP contribution is -2.20. The van der Waals surface area contributed by atoms with Crippen molar-refractivity contribution in [2.45, 2.75) is 6.54 Å². The molecule has 20 heavy (non-hydrogen) atoms. The Kier molecular flexibility index (Phi) is 4.32. The zero-order valence-corrected chi connectivity index (χ0v) is 11.5. The quantitative estimate of drug-likeness (QED) is 0.889. The van der Waals surface area contributed by atoms with Crippen LogP contribution in [0.1, 0.15) is 15.9 Å². The second-order valence-corrected chi connectivity index (χ2v) is 4.81. The average Bonchev–Trinajstić information content (AvgIpc) is 2.41. The van der Waals surface area contributed by atoms with Gasteiger partial charge in [-0.05, 0) is 31.8 Å². The van der Waals surface area contributed by atoms with Crippen molar-refractivity contribution >= 4 is 11.6 Å². The molecule has 5 nitrogen and oxygen atoms in total. The number of carbonyl (C=O) groups excluding carboxylic acids is 1. The molecule has 0 aliphatic heterocycles. The van der Waals surface area contributed by atoms with E-state index in [0.717, 1.165) is 12.1 Å². The Morgan fingerprint density at radius 2 is 1.90 bits per heavy atom.